The van der Waals surface area contributed by atoms with Gasteiger partial charge in [0.2, 0.25) is 0 Å². The smallest absolute Gasteiger partial charge is 0.142 e. The average molecular weight is 329 g/mol. The molecule has 0 saturated heterocycles. The summed E-state index contributed by atoms with van der Waals surface area (Å²) in [5, 5.41) is 10.2. The second-order valence-electron chi connectivity index (χ2n) is 4.73. The van der Waals surface area contributed by atoms with Crippen LogP contribution in [0.2, 0.25) is 0 Å². The second kappa shape index (κ2) is 8.36. The van der Waals surface area contributed by atoms with Crippen molar-refractivity contribution in [2.45, 2.75) is 32.6 Å². The van der Waals surface area contributed by atoms with E-state index in [1.165, 1.54) is 0 Å². The lowest BCUT2D eigenvalue weighted by Gasteiger charge is -2.03. The molecule has 0 unspecified atom stereocenters. The molecule has 0 saturated carbocycles. The van der Waals surface area contributed by atoms with E-state index in [4.69, 9.17) is 5.26 Å². The van der Waals surface area contributed by atoms with Crippen LogP contribution in [0.3, 0.4) is 0 Å². The van der Waals surface area contributed by atoms with Gasteiger partial charge in [0.15, 0.2) is 0 Å². The van der Waals surface area contributed by atoms with Gasteiger partial charge in [-0.2, -0.15) is 5.26 Å². The Morgan fingerprint density at radius 1 is 1.09 bits per heavy atom. The number of halogens is 2. The standard InChI is InChI=1S/C18H13F2NS.CH4/c1-3-14-8-12(2)4-6-15(14)7-5-13-9-16(19)18(22-11-21)17(20)10-13;/h4,6,8-10H,3H2,1-2H3;1H4. The fraction of sp³-hybridized carbons (Fsp3) is 0.211. The molecular formula is C19H17F2NS. The van der Waals surface area contributed by atoms with Gasteiger partial charge in [-0.25, -0.2) is 8.78 Å². The van der Waals surface area contributed by atoms with E-state index in [1.54, 1.807) is 5.40 Å². The molecule has 0 heterocycles. The van der Waals surface area contributed by atoms with Crippen LogP contribution in [-0.2, 0) is 6.42 Å². The van der Waals surface area contributed by atoms with Crippen LogP contribution in [0.1, 0.15) is 36.6 Å². The maximum atomic E-state index is 13.7. The maximum Gasteiger partial charge on any atom is 0.142 e. The van der Waals surface area contributed by atoms with E-state index in [-0.39, 0.29) is 17.9 Å². The van der Waals surface area contributed by atoms with E-state index < -0.39 is 11.6 Å². The Morgan fingerprint density at radius 3 is 2.30 bits per heavy atom. The first-order valence-electron chi connectivity index (χ1n) is 6.71. The summed E-state index contributed by atoms with van der Waals surface area (Å²) >= 11 is 0.467. The van der Waals surface area contributed by atoms with Crippen molar-refractivity contribution in [3.05, 3.63) is 64.2 Å². The topological polar surface area (TPSA) is 23.8 Å². The lowest BCUT2D eigenvalue weighted by atomic mass is 10.0. The molecule has 118 valence electrons. The fourth-order valence-electron chi connectivity index (χ4n) is 2.05. The molecule has 0 spiro atoms. The number of rotatable bonds is 2. The molecule has 2 aromatic rings. The molecule has 0 aliphatic rings. The maximum absolute atomic E-state index is 13.7. The third-order valence-electron chi connectivity index (χ3n) is 3.13. The van der Waals surface area contributed by atoms with Crippen LogP contribution >= 0.6 is 11.8 Å². The van der Waals surface area contributed by atoms with Crippen molar-refractivity contribution in [2.75, 3.05) is 0 Å². The van der Waals surface area contributed by atoms with E-state index in [2.05, 4.69) is 17.9 Å². The van der Waals surface area contributed by atoms with Crippen molar-refractivity contribution in [3.8, 4) is 17.2 Å². The number of benzene rings is 2. The van der Waals surface area contributed by atoms with Gasteiger partial charge < -0.3 is 0 Å². The molecule has 0 aliphatic heterocycles. The fourth-order valence-corrected chi connectivity index (χ4v) is 2.46. The highest BCUT2D eigenvalue weighted by Gasteiger charge is 2.11. The third kappa shape index (κ3) is 4.58. The second-order valence-corrected chi connectivity index (χ2v) is 5.52. The molecule has 0 atom stereocenters. The van der Waals surface area contributed by atoms with Gasteiger partial charge in [0.25, 0.3) is 0 Å². The van der Waals surface area contributed by atoms with Gasteiger partial charge in [-0.05, 0) is 48.9 Å². The van der Waals surface area contributed by atoms with Gasteiger partial charge in [-0.15, -0.1) is 0 Å². The van der Waals surface area contributed by atoms with Crippen LogP contribution < -0.4 is 0 Å². The van der Waals surface area contributed by atoms with Gasteiger partial charge in [-0.3, -0.25) is 0 Å². The molecule has 0 aliphatic carbocycles. The number of thioether (sulfide) groups is 1. The van der Waals surface area contributed by atoms with E-state index in [0.29, 0.717) is 11.8 Å². The molecular weight excluding hydrogens is 312 g/mol. The Labute approximate surface area is 140 Å². The Hall–Kier alpha value is -2.30. The largest absolute Gasteiger partial charge is 0.206 e. The van der Waals surface area contributed by atoms with Crippen LogP contribution in [0, 0.1) is 41.1 Å². The Balaban J connectivity index is 0.00000264. The number of nitrogens with zero attached hydrogens (tertiary/aromatic N) is 1. The predicted octanol–water partition coefficient (Wildman–Crippen LogP) is 5.44. The highest BCUT2D eigenvalue weighted by atomic mass is 32.2. The zero-order valence-corrected chi connectivity index (χ0v) is 13.0. The van der Waals surface area contributed by atoms with Gasteiger partial charge in [0, 0.05) is 11.1 Å². The molecule has 0 radical (unpaired) electrons. The molecule has 0 aromatic heterocycles. The zero-order chi connectivity index (χ0) is 16.1. The van der Waals surface area contributed by atoms with Crippen molar-refractivity contribution in [3.63, 3.8) is 0 Å². The van der Waals surface area contributed by atoms with Crippen LogP contribution in [0.5, 0.6) is 0 Å². The lowest BCUT2D eigenvalue weighted by molar-refractivity contribution is 0.540. The molecule has 0 amide bonds. The summed E-state index contributed by atoms with van der Waals surface area (Å²) in [6.07, 6.45) is 0.839. The molecule has 23 heavy (non-hydrogen) atoms. The summed E-state index contributed by atoms with van der Waals surface area (Å²) in [5.74, 6) is 4.21. The highest BCUT2D eigenvalue weighted by molar-refractivity contribution is 8.03. The molecule has 0 fully saturated rings. The van der Waals surface area contributed by atoms with E-state index >= 15 is 0 Å². The molecule has 2 aromatic carbocycles. The minimum absolute atomic E-state index is 0. The SMILES string of the molecule is C.CCc1cc(C)ccc1C#Cc1cc(F)c(SC#N)c(F)c1. The van der Waals surface area contributed by atoms with Crippen LogP contribution in [0.4, 0.5) is 8.78 Å². The van der Waals surface area contributed by atoms with Gasteiger partial charge in [-0.1, -0.05) is 43.9 Å². The quantitative estimate of drug-likeness (QED) is 0.416. The van der Waals surface area contributed by atoms with Crippen molar-refractivity contribution in [1.29, 1.82) is 5.26 Å². The first-order chi connectivity index (χ1) is 10.5. The van der Waals surface area contributed by atoms with E-state index in [1.807, 2.05) is 26.0 Å². The van der Waals surface area contributed by atoms with Gasteiger partial charge in [0.05, 0.1) is 4.90 Å². The summed E-state index contributed by atoms with van der Waals surface area (Å²) in [6.45, 7) is 4.04. The first-order valence-corrected chi connectivity index (χ1v) is 7.53. The summed E-state index contributed by atoms with van der Waals surface area (Å²) in [5.41, 5.74) is 3.35. The molecule has 0 N–H and O–H groups in total. The van der Waals surface area contributed by atoms with Gasteiger partial charge in [0.1, 0.15) is 17.0 Å². The number of nitriles is 1. The summed E-state index contributed by atoms with van der Waals surface area (Å²) in [4.78, 5) is -0.294. The molecule has 2 rings (SSSR count). The Kier molecular flexibility index (Phi) is 6.82. The average Bonchev–Trinajstić information content (AvgIpc) is 2.49. The minimum atomic E-state index is -0.768. The minimum Gasteiger partial charge on any atom is -0.206 e. The Morgan fingerprint density at radius 2 is 1.74 bits per heavy atom. The van der Waals surface area contributed by atoms with Crippen molar-refractivity contribution >= 4 is 11.8 Å². The number of aryl methyl sites for hydroxylation is 2. The van der Waals surface area contributed by atoms with E-state index in [9.17, 15) is 8.78 Å². The van der Waals surface area contributed by atoms with Crippen LogP contribution in [-0.4, -0.2) is 0 Å². The summed E-state index contributed by atoms with van der Waals surface area (Å²) in [7, 11) is 0. The van der Waals surface area contributed by atoms with Crippen molar-refractivity contribution < 1.29 is 8.78 Å². The third-order valence-corrected chi connectivity index (χ3v) is 3.81. The summed E-state index contributed by atoms with van der Waals surface area (Å²) in [6, 6.07) is 8.22. The van der Waals surface area contributed by atoms with E-state index in [0.717, 1.165) is 35.2 Å². The van der Waals surface area contributed by atoms with Crippen LogP contribution in [0.25, 0.3) is 0 Å². The zero-order valence-electron chi connectivity index (χ0n) is 12.2. The monoisotopic (exact) mass is 329 g/mol. The molecule has 4 heteroatoms. The Bertz CT molecular complexity index is 787. The number of hydrogen-bond donors (Lipinski definition) is 0. The number of thiocyanates is 1. The van der Waals surface area contributed by atoms with Gasteiger partial charge >= 0.3 is 0 Å². The highest BCUT2D eigenvalue weighted by Crippen LogP contribution is 2.25. The predicted molar refractivity (Wildman–Crippen MR) is 91.1 cm³/mol. The molecule has 0 bridgehead atoms. The van der Waals surface area contributed by atoms with Crippen LogP contribution in [0.15, 0.2) is 35.2 Å². The summed E-state index contributed by atoms with van der Waals surface area (Å²) < 4.78 is 27.5. The molecule has 1 nitrogen and oxygen atoms in total. The normalized spacial score (nSPS) is 9.35. The lowest BCUT2D eigenvalue weighted by Crippen LogP contribution is -1.91. The van der Waals surface area contributed by atoms with Crippen molar-refractivity contribution in [1.82, 2.24) is 0 Å². The first kappa shape index (κ1) is 18.7. The van der Waals surface area contributed by atoms with Crippen molar-refractivity contribution in [2.24, 2.45) is 0 Å². The number of hydrogen-bond acceptors (Lipinski definition) is 2.